The van der Waals surface area contributed by atoms with Crippen LogP contribution in [0.4, 0.5) is 28.0 Å². The molecule has 29 heavy (non-hydrogen) atoms. The van der Waals surface area contributed by atoms with Gasteiger partial charge in [-0.1, -0.05) is 0 Å². The summed E-state index contributed by atoms with van der Waals surface area (Å²) in [4.78, 5) is 25.5. The number of hydrogen-bond acceptors (Lipinski definition) is 3. The molecule has 2 aliphatic heterocycles. The molecule has 4 rings (SSSR count). The van der Waals surface area contributed by atoms with E-state index in [0.29, 0.717) is 6.07 Å². The second-order valence-electron chi connectivity index (χ2n) is 6.83. The van der Waals surface area contributed by atoms with Crippen molar-refractivity contribution in [2.75, 3.05) is 18.5 Å². The van der Waals surface area contributed by atoms with Gasteiger partial charge in [0.05, 0.1) is 18.3 Å². The highest BCUT2D eigenvalue weighted by Gasteiger charge is 2.30. The molecule has 152 valence electrons. The minimum absolute atomic E-state index is 0.0316. The Kier molecular flexibility index (Phi) is 4.77. The molecule has 6 nitrogen and oxygen atoms in total. The number of rotatable bonds is 3. The van der Waals surface area contributed by atoms with Crippen molar-refractivity contribution in [2.24, 2.45) is 0 Å². The third-order valence-corrected chi connectivity index (χ3v) is 4.75. The lowest BCUT2D eigenvalue weighted by atomic mass is 10.0. The van der Waals surface area contributed by atoms with E-state index in [2.05, 4.69) is 10.6 Å². The van der Waals surface area contributed by atoms with Gasteiger partial charge in [-0.2, -0.15) is 0 Å². The summed E-state index contributed by atoms with van der Waals surface area (Å²) in [6.45, 7) is -0.725. The number of halogens is 4. The van der Waals surface area contributed by atoms with Crippen molar-refractivity contribution in [2.45, 2.75) is 19.0 Å². The zero-order valence-electron chi connectivity index (χ0n) is 14.9. The van der Waals surface area contributed by atoms with Crippen LogP contribution in [-0.2, 0) is 17.8 Å². The van der Waals surface area contributed by atoms with Gasteiger partial charge in [0.25, 0.3) is 0 Å². The Labute approximate surface area is 162 Å². The molecular formula is C19H15F4N3O3. The number of nitrogens with one attached hydrogen (secondary N) is 2. The molecule has 2 aromatic rings. The van der Waals surface area contributed by atoms with Gasteiger partial charge >= 0.3 is 6.03 Å². The van der Waals surface area contributed by atoms with Gasteiger partial charge in [-0.15, -0.1) is 0 Å². The van der Waals surface area contributed by atoms with Crippen LogP contribution in [0, 0.1) is 23.3 Å². The van der Waals surface area contributed by atoms with Crippen LogP contribution in [0.1, 0.15) is 11.1 Å². The number of urea groups is 1. The molecule has 0 aromatic heterocycles. The lowest BCUT2D eigenvalue weighted by molar-refractivity contribution is -0.122. The average molecular weight is 409 g/mol. The minimum Gasteiger partial charge on any atom is -0.488 e. The molecule has 0 saturated heterocycles. The van der Waals surface area contributed by atoms with Gasteiger partial charge in [0.2, 0.25) is 5.91 Å². The molecule has 0 fully saturated rings. The molecular weight excluding hydrogens is 394 g/mol. The van der Waals surface area contributed by atoms with Crippen LogP contribution in [0.3, 0.4) is 0 Å². The fourth-order valence-corrected chi connectivity index (χ4v) is 3.42. The standard InChI is InChI=1S/C19H15F4N3O3/c20-10-3-9-4-11(8-29-18(9)14(22)5-10)24-16(27)7-26-6-12-15(25-19(26)28)2-1-13(21)17(12)23/h1-3,5,11H,4,6-8H2,(H,24,27)(H,25,28)/t11-/m0/s1. The van der Waals surface area contributed by atoms with Crippen molar-refractivity contribution in [1.82, 2.24) is 10.2 Å². The number of fused-ring (bicyclic) bond motifs is 2. The van der Waals surface area contributed by atoms with E-state index >= 15 is 0 Å². The van der Waals surface area contributed by atoms with E-state index in [1.165, 1.54) is 6.07 Å². The number of hydrogen-bond donors (Lipinski definition) is 2. The summed E-state index contributed by atoms with van der Waals surface area (Å²) >= 11 is 0. The van der Waals surface area contributed by atoms with Crippen molar-refractivity contribution in [3.8, 4) is 5.75 Å². The molecule has 0 unspecified atom stereocenters. The highest BCUT2D eigenvalue weighted by molar-refractivity contribution is 5.94. The van der Waals surface area contributed by atoms with Crippen LogP contribution >= 0.6 is 0 Å². The minimum atomic E-state index is -1.09. The van der Waals surface area contributed by atoms with Gasteiger partial charge in [-0.3, -0.25) is 4.79 Å². The summed E-state index contributed by atoms with van der Waals surface area (Å²) in [5.41, 5.74) is 0.367. The summed E-state index contributed by atoms with van der Waals surface area (Å²) in [6, 6.07) is 2.80. The smallest absolute Gasteiger partial charge is 0.322 e. The maximum atomic E-state index is 14.0. The van der Waals surface area contributed by atoms with E-state index in [-0.39, 0.29) is 42.1 Å². The largest absolute Gasteiger partial charge is 0.488 e. The molecule has 2 N–H and O–H groups in total. The van der Waals surface area contributed by atoms with Crippen LogP contribution < -0.4 is 15.4 Å². The number of ether oxygens (including phenoxy) is 1. The molecule has 2 heterocycles. The highest BCUT2D eigenvalue weighted by Crippen LogP contribution is 2.29. The zero-order chi connectivity index (χ0) is 20.7. The Morgan fingerprint density at radius 1 is 1.21 bits per heavy atom. The van der Waals surface area contributed by atoms with Crippen LogP contribution in [0.25, 0.3) is 0 Å². The lowest BCUT2D eigenvalue weighted by Gasteiger charge is -2.30. The SMILES string of the molecule is O=C(CN1Cc2c(ccc(F)c2F)NC1=O)N[C@@H]1COc2c(F)cc(F)cc2C1. The van der Waals surface area contributed by atoms with Gasteiger partial charge in [-0.05, 0) is 24.6 Å². The Bertz CT molecular complexity index is 1010. The van der Waals surface area contributed by atoms with Gasteiger partial charge < -0.3 is 20.3 Å². The summed E-state index contributed by atoms with van der Waals surface area (Å²) in [5, 5.41) is 5.02. The number of anilines is 1. The monoisotopic (exact) mass is 409 g/mol. The number of carbonyl (C=O) groups is 2. The van der Waals surface area contributed by atoms with E-state index in [1.54, 1.807) is 0 Å². The van der Waals surface area contributed by atoms with Gasteiger partial charge in [0.15, 0.2) is 23.2 Å². The van der Waals surface area contributed by atoms with Crippen LogP contribution in [0.5, 0.6) is 5.75 Å². The maximum Gasteiger partial charge on any atom is 0.322 e. The molecule has 10 heteroatoms. The highest BCUT2D eigenvalue weighted by atomic mass is 19.2. The first-order chi connectivity index (χ1) is 13.8. The van der Waals surface area contributed by atoms with Gasteiger partial charge in [0, 0.05) is 17.2 Å². The van der Waals surface area contributed by atoms with Crippen molar-refractivity contribution in [1.29, 1.82) is 0 Å². The predicted octanol–water partition coefficient (Wildman–Crippen LogP) is 2.71. The second kappa shape index (κ2) is 7.26. The van der Waals surface area contributed by atoms with E-state index in [1.807, 2.05) is 0 Å². The van der Waals surface area contributed by atoms with Crippen molar-refractivity contribution in [3.05, 3.63) is 58.7 Å². The number of carbonyl (C=O) groups excluding carboxylic acids is 2. The Morgan fingerprint density at radius 2 is 2.00 bits per heavy atom. The van der Waals surface area contributed by atoms with Crippen molar-refractivity contribution >= 4 is 17.6 Å². The Balaban J connectivity index is 1.41. The summed E-state index contributed by atoms with van der Waals surface area (Å²) in [5.74, 6) is -4.34. The summed E-state index contributed by atoms with van der Waals surface area (Å²) < 4.78 is 59.7. The normalized spacial score (nSPS) is 17.7. The molecule has 2 aromatic carbocycles. The lowest BCUT2D eigenvalue weighted by Crippen LogP contribution is -2.49. The first-order valence-corrected chi connectivity index (χ1v) is 8.74. The van der Waals surface area contributed by atoms with Crippen molar-refractivity contribution < 1.29 is 31.9 Å². The predicted molar refractivity (Wildman–Crippen MR) is 93.3 cm³/mol. The van der Waals surface area contributed by atoms with E-state index < -0.39 is 47.8 Å². The van der Waals surface area contributed by atoms with Gasteiger partial charge in [-0.25, -0.2) is 22.4 Å². The molecule has 0 bridgehead atoms. The molecule has 0 saturated carbocycles. The fourth-order valence-electron chi connectivity index (χ4n) is 3.42. The van der Waals surface area contributed by atoms with Crippen LogP contribution in [-0.4, -0.2) is 36.0 Å². The third kappa shape index (κ3) is 3.69. The maximum absolute atomic E-state index is 14.0. The number of amides is 3. The molecule has 1 atom stereocenters. The van der Waals surface area contributed by atoms with Gasteiger partial charge in [0.1, 0.15) is 19.0 Å². The third-order valence-electron chi connectivity index (χ3n) is 4.75. The second-order valence-corrected chi connectivity index (χ2v) is 6.83. The zero-order valence-corrected chi connectivity index (χ0v) is 14.9. The average Bonchev–Trinajstić information content (AvgIpc) is 2.65. The quantitative estimate of drug-likeness (QED) is 0.766. The van der Waals surface area contributed by atoms with E-state index in [4.69, 9.17) is 4.74 Å². The summed E-state index contributed by atoms with van der Waals surface area (Å²) in [6.07, 6.45) is 0.143. The van der Waals surface area contributed by atoms with Crippen LogP contribution in [0.2, 0.25) is 0 Å². The van der Waals surface area contributed by atoms with E-state index in [0.717, 1.165) is 17.0 Å². The first kappa shape index (κ1) is 19.0. The first-order valence-electron chi connectivity index (χ1n) is 8.74. The van der Waals surface area contributed by atoms with Crippen molar-refractivity contribution in [3.63, 3.8) is 0 Å². The Morgan fingerprint density at radius 3 is 2.79 bits per heavy atom. The molecule has 2 aliphatic rings. The molecule has 0 radical (unpaired) electrons. The van der Waals surface area contributed by atoms with Crippen LogP contribution in [0.15, 0.2) is 24.3 Å². The summed E-state index contributed by atoms with van der Waals surface area (Å²) in [7, 11) is 0. The number of nitrogens with zero attached hydrogens (tertiary/aromatic N) is 1. The molecule has 0 spiro atoms. The number of benzene rings is 2. The fraction of sp³-hybridized carbons (Fsp3) is 0.263. The molecule has 3 amide bonds. The van der Waals surface area contributed by atoms with E-state index in [9.17, 15) is 27.2 Å². The topological polar surface area (TPSA) is 70.7 Å². The Hall–Kier alpha value is -3.30. The molecule has 0 aliphatic carbocycles.